The fraction of sp³-hybridized carbons (Fsp3) is 0.190. The summed E-state index contributed by atoms with van der Waals surface area (Å²) in [5, 5.41) is 5.32. The van der Waals surface area contributed by atoms with Gasteiger partial charge in [0.15, 0.2) is 6.61 Å². The molecule has 7 heteroatoms. The van der Waals surface area contributed by atoms with E-state index in [0.29, 0.717) is 30.0 Å². The van der Waals surface area contributed by atoms with Gasteiger partial charge in [-0.05, 0) is 30.7 Å². The molecule has 144 valence electrons. The smallest absolute Gasteiger partial charge is 0.329 e. The topological polar surface area (TPSA) is 87.7 Å². The fourth-order valence-electron chi connectivity index (χ4n) is 2.75. The van der Waals surface area contributed by atoms with Crippen molar-refractivity contribution in [3.05, 3.63) is 65.9 Å². The van der Waals surface area contributed by atoms with Crippen molar-refractivity contribution in [2.45, 2.75) is 13.3 Å². The average molecular weight is 379 g/mol. The summed E-state index contributed by atoms with van der Waals surface area (Å²) in [6, 6.07) is 15.7. The number of ether oxygens (including phenoxy) is 1. The zero-order chi connectivity index (χ0) is 19.9. The standard InChI is InChI=1S/C21H21N3O4/c1-2-12-24-20(26)17(23-21(24)27)13-15-8-6-7-11-18(15)28-14-19(25)22-16-9-4-3-5-10-16/h3-11,13H,2,12,14H2,1H3,(H,22,25)(H,23,27)/b17-13+. The molecular weight excluding hydrogens is 358 g/mol. The number of imide groups is 1. The number of hydrogen-bond donors (Lipinski definition) is 2. The largest absolute Gasteiger partial charge is 0.483 e. The van der Waals surface area contributed by atoms with Crippen LogP contribution in [0.1, 0.15) is 18.9 Å². The molecule has 28 heavy (non-hydrogen) atoms. The zero-order valence-corrected chi connectivity index (χ0v) is 15.5. The van der Waals surface area contributed by atoms with E-state index >= 15 is 0 Å². The van der Waals surface area contributed by atoms with E-state index in [1.54, 1.807) is 42.5 Å². The minimum atomic E-state index is -0.432. The van der Waals surface area contributed by atoms with Gasteiger partial charge in [-0.1, -0.05) is 43.3 Å². The molecule has 0 aliphatic carbocycles. The van der Waals surface area contributed by atoms with Crippen LogP contribution in [0.5, 0.6) is 5.75 Å². The molecular formula is C21H21N3O4. The van der Waals surface area contributed by atoms with Crippen LogP contribution in [-0.2, 0) is 9.59 Å². The lowest BCUT2D eigenvalue weighted by atomic mass is 10.1. The van der Waals surface area contributed by atoms with Crippen LogP contribution in [0.2, 0.25) is 0 Å². The van der Waals surface area contributed by atoms with E-state index in [2.05, 4.69) is 10.6 Å². The summed E-state index contributed by atoms with van der Waals surface area (Å²) in [5.74, 6) is -0.231. The number of benzene rings is 2. The Bertz CT molecular complexity index is 909. The van der Waals surface area contributed by atoms with Crippen LogP contribution in [0, 0.1) is 0 Å². The Morgan fingerprint density at radius 1 is 1.11 bits per heavy atom. The average Bonchev–Trinajstić information content (AvgIpc) is 2.96. The van der Waals surface area contributed by atoms with E-state index in [1.165, 1.54) is 4.90 Å². The molecule has 1 aliphatic rings. The first-order chi connectivity index (χ1) is 13.6. The summed E-state index contributed by atoms with van der Waals surface area (Å²) >= 11 is 0. The van der Waals surface area contributed by atoms with Crippen LogP contribution in [0.3, 0.4) is 0 Å². The third-order valence-electron chi connectivity index (χ3n) is 4.04. The second-order valence-corrected chi connectivity index (χ2v) is 6.19. The zero-order valence-electron chi connectivity index (χ0n) is 15.5. The molecule has 2 aromatic carbocycles. The molecule has 0 saturated carbocycles. The number of nitrogens with zero attached hydrogens (tertiary/aromatic N) is 1. The van der Waals surface area contributed by atoms with Crippen molar-refractivity contribution < 1.29 is 19.1 Å². The Kier molecular flexibility index (Phi) is 6.06. The van der Waals surface area contributed by atoms with E-state index in [1.807, 2.05) is 25.1 Å². The summed E-state index contributed by atoms with van der Waals surface area (Å²) in [6.07, 6.45) is 2.24. The van der Waals surface area contributed by atoms with Gasteiger partial charge in [0.1, 0.15) is 11.4 Å². The van der Waals surface area contributed by atoms with Crippen molar-refractivity contribution >= 4 is 29.6 Å². The van der Waals surface area contributed by atoms with Crippen LogP contribution in [0.15, 0.2) is 60.3 Å². The lowest BCUT2D eigenvalue weighted by molar-refractivity contribution is -0.123. The highest BCUT2D eigenvalue weighted by atomic mass is 16.5. The number of amides is 4. The van der Waals surface area contributed by atoms with E-state index in [4.69, 9.17) is 4.74 Å². The minimum Gasteiger partial charge on any atom is -0.483 e. The molecule has 0 atom stereocenters. The first-order valence-electron chi connectivity index (χ1n) is 8.99. The van der Waals surface area contributed by atoms with Gasteiger partial charge >= 0.3 is 6.03 Å². The lowest BCUT2D eigenvalue weighted by Gasteiger charge is -2.10. The summed E-state index contributed by atoms with van der Waals surface area (Å²) in [6.45, 7) is 2.07. The predicted octanol–water partition coefficient (Wildman–Crippen LogP) is 3.01. The molecule has 1 fully saturated rings. The molecule has 0 spiro atoms. The predicted molar refractivity (Wildman–Crippen MR) is 106 cm³/mol. The maximum atomic E-state index is 12.4. The van der Waals surface area contributed by atoms with Gasteiger partial charge in [-0.15, -0.1) is 0 Å². The molecule has 0 unspecified atom stereocenters. The number of rotatable bonds is 7. The van der Waals surface area contributed by atoms with Crippen LogP contribution >= 0.6 is 0 Å². The van der Waals surface area contributed by atoms with Gasteiger partial charge in [0.2, 0.25) is 0 Å². The molecule has 2 N–H and O–H groups in total. The summed E-state index contributed by atoms with van der Waals surface area (Å²) < 4.78 is 5.62. The number of carbonyl (C=O) groups excluding carboxylic acids is 3. The van der Waals surface area contributed by atoms with Crippen LogP contribution in [-0.4, -0.2) is 35.9 Å². The van der Waals surface area contributed by atoms with Crippen LogP contribution < -0.4 is 15.4 Å². The molecule has 1 aliphatic heterocycles. The maximum Gasteiger partial charge on any atom is 0.329 e. The van der Waals surface area contributed by atoms with E-state index in [9.17, 15) is 14.4 Å². The van der Waals surface area contributed by atoms with E-state index < -0.39 is 6.03 Å². The highest BCUT2D eigenvalue weighted by molar-refractivity contribution is 6.14. The Morgan fingerprint density at radius 2 is 1.82 bits per heavy atom. The number of carbonyl (C=O) groups is 3. The highest BCUT2D eigenvalue weighted by Crippen LogP contribution is 2.23. The van der Waals surface area contributed by atoms with Gasteiger partial charge in [-0.25, -0.2) is 4.79 Å². The number of anilines is 1. The number of para-hydroxylation sites is 2. The molecule has 1 saturated heterocycles. The SMILES string of the molecule is CCCN1C(=O)N/C(=C/c2ccccc2OCC(=O)Nc2ccccc2)C1=O. The Balaban J connectivity index is 1.69. The maximum absolute atomic E-state index is 12.4. The Labute approximate surface area is 163 Å². The second-order valence-electron chi connectivity index (χ2n) is 6.19. The molecule has 7 nitrogen and oxygen atoms in total. The van der Waals surface area contributed by atoms with Gasteiger partial charge in [0.25, 0.3) is 11.8 Å². The third-order valence-corrected chi connectivity index (χ3v) is 4.04. The van der Waals surface area contributed by atoms with Crippen molar-refractivity contribution in [3.8, 4) is 5.75 Å². The molecule has 3 rings (SSSR count). The molecule has 2 aromatic rings. The van der Waals surface area contributed by atoms with Crippen molar-refractivity contribution in [3.63, 3.8) is 0 Å². The van der Waals surface area contributed by atoms with Gasteiger partial charge in [0, 0.05) is 17.8 Å². The highest BCUT2D eigenvalue weighted by Gasteiger charge is 2.32. The quantitative estimate of drug-likeness (QED) is 0.572. The number of hydrogen-bond acceptors (Lipinski definition) is 4. The molecule has 0 radical (unpaired) electrons. The minimum absolute atomic E-state index is 0.183. The molecule has 0 bridgehead atoms. The van der Waals surface area contributed by atoms with Crippen molar-refractivity contribution in [1.82, 2.24) is 10.2 Å². The van der Waals surface area contributed by atoms with Gasteiger partial charge in [0.05, 0.1) is 0 Å². The Hall–Kier alpha value is -3.61. The van der Waals surface area contributed by atoms with Gasteiger partial charge in [-0.3, -0.25) is 14.5 Å². The fourth-order valence-corrected chi connectivity index (χ4v) is 2.75. The molecule has 1 heterocycles. The monoisotopic (exact) mass is 379 g/mol. The summed E-state index contributed by atoms with van der Waals surface area (Å²) in [7, 11) is 0. The van der Waals surface area contributed by atoms with Gasteiger partial charge < -0.3 is 15.4 Å². The van der Waals surface area contributed by atoms with E-state index in [-0.39, 0.29) is 24.1 Å². The van der Waals surface area contributed by atoms with Crippen LogP contribution in [0.25, 0.3) is 6.08 Å². The van der Waals surface area contributed by atoms with Crippen molar-refractivity contribution in [1.29, 1.82) is 0 Å². The lowest BCUT2D eigenvalue weighted by Crippen LogP contribution is -2.31. The normalized spacial score (nSPS) is 14.9. The van der Waals surface area contributed by atoms with Gasteiger partial charge in [-0.2, -0.15) is 0 Å². The molecule has 0 aromatic heterocycles. The van der Waals surface area contributed by atoms with Crippen molar-refractivity contribution in [2.75, 3.05) is 18.5 Å². The van der Waals surface area contributed by atoms with Crippen molar-refractivity contribution in [2.24, 2.45) is 0 Å². The van der Waals surface area contributed by atoms with E-state index in [0.717, 1.165) is 0 Å². The Morgan fingerprint density at radius 3 is 2.57 bits per heavy atom. The number of urea groups is 1. The third kappa shape index (κ3) is 4.56. The first kappa shape index (κ1) is 19.2. The summed E-state index contributed by atoms with van der Waals surface area (Å²) in [5.41, 5.74) is 1.46. The molecule has 4 amide bonds. The first-order valence-corrected chi connectivity index (χ1v) is 8.99. The number of nitrogens with one attached hydrogen (secondary N) is 2. The summed E-state index contributed by atoms with van der Waals surface area (Å²) in [4.78, 5) is 37.5. The second kappa shape index (κ2) is 8.85. The van der Waals surface area contributed by atoms with Crippen LogP contribution in [0.4, 0.5) is 10.5 Å².